The predicted molar refractivity (Wildman–Crippen MR) is 97.0 cm³/mol. The zero-order valence-electron chi connectivity index (χ0n) is 12.1. The maximum absolute atomic E-state index is 5.93. The van der Waals surface area contributed by atoms with Gasteiger partial charge in [0.15, 0.2) is 0 Å². The Morgan fingerprint density at radius 2 is 1.55 bits per heavy atom. The summed E-state index contributed by atoms with van der Waals surface area (Å²) in [5.74, 6) is 0. The monoisotopic (exact) mass is 377 g/mol. The lowest BCUT2D eigenvalue weighted by Crippen LogP contribution is -2.44. The molecular formula is C17H17BrClN3. The van der Waals surface area contributed by atoms with E-state index in [1.165, 1.54) is 5.69 Å². The molecule has 1 aliphatic heterocycles. The first-order chi connectivity index (χ1) is 10.7. The van der Waals surface area contributed by atoms with Crippen molar-refractivity contribution in [2.45, 2.75) is 0 Å². The van der Waals surface area contributed by atoms with E-state index in [1.807, 2.05) is 30.5 Å². The first kappa shape index (κ1) is 15.4. The Kier molecular flexibility index (Phi) is 5.01. The van der Waals surface area contributed by atoms with Gasteiger partial charge in [-0.05, 0) is 42.0 Å². The number of hydrogen-bond acceptors (Lipinski definition) is 3. The number of anilines is 1. The normalized spacial score (nSPS) is 15.5. The fourth-order valence-corrected chi connectivity index (χ4v) is 2.81. The van der Waals surface area contributed by atoms with E-state index < -0.39 is 0 Å². The third-order valence-electron chi connectivity index (χ3n) is 3.69. The Balaban J connectivity index is 1.55. The van der Waals surface area contributed by atoms with Crippen LogP contribution in [0.1, 0.15) is 5.56 Å². The molecule has 0 atom stereocenters. The van der Waals surface area contributed by atoms with Gasteiger partial charge in [0.05, 0.1) is 19.3 Å². The Morgan fingerprint density at radius 1 is 0.909 bits per heavy atom. The summed E-state index contributed by atoms with van der Waals surface area (Å²) in [4.78, 5) is 2.36. The largest absolute Gasteiger partial charge is 0.368 e. The van der Waals surface area contributed by atoms with Crippen LogP contribution in [0.2, 0.25) is 5.02 Å². The van der Waals surface area contributed by atoms with E-state index in [2.05, 4.69) is 55.2 Å². The molecule has 1 fully saturated rings. The highest BCUT2D eigenvalue weighted by atomic mass is 79.9. The Hall–Kier alpha value is -1.52. The number of piperazine rings is 1. The van der Waals surface area contributed by atoms with E-state index in [1.54, 1.807) is 0 Å². The number of hydrogen-bond donors (Lipinski definition) is 0. The number of halogens is 2. The zero-order valence-corrected chi connectivity index (χ0v) is 14.5. The highest BCUT2D eigenvalue weighted by Gasteiger charge is 2.15. The van der Waals surface area contributed by atoms with Gasteiger partial charge in [-0.1, -0.05) is 39.7 Å². The summed E-state index contributed by atoms with van der Waals surface area (Å²) in [7, 11) is 0. The molecule has 2 aromatic carbocycles. The summed E-state index contributed by atoms with van der Waals surface area (Å²) in [6.45, 7) is 3.80. The van der Waals surface area contributed by atoms with Crippen LogP contribution in [0.25, 0.3) is 0 Å². The van der Waals surface area contributed by atoms with Gasteiger partial charge in [0, 0.05) is 28.3 Å². The minimum atomic E-state index is 0.779. The lowest BCUT2D eigenvalue weighted by molar-refractivity contribution is 0.272. The second-order valence-electron chi connectivity index (χ2n) is 5.21. The maximum Gasteiger partial charge on any atom is 0.0542 e. The van der Waals surface area contributed by atoms with Gasteiger partial charge in [-0.25, -0.2) is 0 Å². The summed E-state index contributed by atoms with van der Waals surface area (Å²) < 4.78 is 1.08. The lowest BCUT2D eigenvalue weighted by Gasteiger charge is -2.34. The standard InChI is InChI=1S/C17H17BrClN3/c18-15-3-1-14(2-4-15)13-20-22-11-9-21(10-12-22)17-7-5-16(19)6-8-17/h1-8,13H,9-12H2. The molecule has 0 amide bonds. The van der Waals surface area contributed by atoms with Gasteiger partial charge in [-0.15, -0.1) is 0 Å². The molecule has 2 aromatic rings. The number of hydrazone groups is 1. The van der Waals surface area contributed by atoms with Crippen LogP contribution in [0.5, 0.6) is 0 Å². The molecule has 1 aliphatic rings. The van der Waals surface area contributed by atoms with E-state index in [0.717, 1.165) is 41.2 Å². The predicted octanol–water partition coefficient (Wildman–Crippen LogP) is 4.26. The molecule has 3 rings (SSSR count). The van der Waals surface area contributed by atoms with Gasteiger partial charge in [-0.3, -0.25) is 5.01 Å². The van der Waals surface area contributed by atoms with Gasteiger partial charge >= 0.3 is 0 Å². The third kappa shape index (κ3) is 4.02. The molecule has 0 N–H and O–H groups in total. The Labute approximate surface area is 144 Å². The Morgan fingerprint density at radius 3 is 2.18 bits per heavy atom. The summed E-state index contributed by atoms with van der Waals surface area (Å²) in [6, 6.07) is 16.2. The van der Waals surface area contributed by atoms with Gasteiger partial charge < -0.3 is 4.90 Å². The van der Waals surface area contributed by atoms with Gasteiger partial charge in [-0.2, -0.15) is 5.10 Å². The molecule has 1 heterocycles. The van der Waals surface area contributed by atoms with Crippen molar-refractivity contribution in [3.05, 3.63) is 63.6 Å². The van der Waals surface area contributed by atoms with E-state index in [9.17, 15) is 0 Å². The molecule has 22 heavy (non-hydrogen) atoms. The van der Waals surface area contributed by atoms with Gasteiger partial charge in [0.1, 0.15) is 0 Å². The van der Waals surface area contributed by atoms with Crippen molar-refractivity contribution in [1.82, 2.24) is 5.01 Å². The molecule has 0 unspecified atom stereocenters. The third-order valence-corrected chi connectivity index (χ3v) is 4.47. The smallest absolute Gasteiger partial charge is 0.0542 e. The van der Waals surface area contributed by atoms with E-state index >= 15 is 0 Å². The molecule has 5 heteroatoms. The van der Waals surface area contributed by atoms with Crippen LogP contribution in [-0.2, 0) is 0 Å². The fraction of sp³-hybridized carbons (Fsp3) is 0.235. The van der Waals surface area contributed by atoms with Crippen molar-refractivity contribution in [2.75, 3.05) is 31.1 Å². The fourth-order valence-electron chi connectivity index (χ4n) is 2.42. The summed E-state index contributed by atoms with van der Waals surface area (Å²) in [5.41, 5.74) is 2.34. The van der Waals surface area contributed by atoms with Crippen LogP contribution in [0.15, 0.2) is 58.1 Å². The number of benzene rings is 2. The minimum absolute atomic E-state index is 0.779. The number of rotatable bonds is 3. The molecule has 0 spiro atoms. The van der Waals surface area contributed by atoms with Crippen LogP contribution < -0.4 is 4.90 Å². The van der Waals surface area contributed by atoms with Crippen molar-refractivity contribution >= 4 is 39.4 Å². The average Bonchev–Trinajstić information content (AvgIpc) is 2.56. The van der Waals surface area contributed by atoms with Crippen molar-refractivity contribution in [2.24, 2.45) is 5.10 Å². The van der Waals surface area contributed by atoms with E-state index in [-0.39, 0.29) is 0 Å². The second kappa shape index (κ2) is 7.16. The zero-order chi connectivity index (χ0) is 15.4. The molecule has 1 saturated heterocycles. The highest BCUT2D eigenvalue weighted by Crippen LogP contribution is 2.19. The average molecular weight is 379 g/mol. The van der Waals surface area contributed by atoms with E-state index in [4.69, 9.17) is 11.6 Å². The molecular weight excluding hydrogens is 362 g/mol. The molecule has 0 bridgehead atoms. The maximum atomic E-state index is 5.93. The van der Waals surface area contributed by atoms with Crippen LogP contribution in [0.3, 0.4) is 0 Å². The summed E-state index contributed by atoms with van der Waals surface area (Å²) in [5, 5.41) is 7.47. The first-order valence-corrected chi connectivity index (χ1v) is 8.43. The van der Waals surface area contributed by atoms with Crippen molar-refractivity contribution in [3.8, 4) is 0 Å². The van der Waals surface area contributed by atoms with Crippen molar-refractivity contribution < 1.29 is 0 Å². The van der Waals surface area contributed by atoms with Crippen LogP contribution in [0.4, 0.5) is 5.69 Å². The lowest BCUT2D eigenvalue weighted by atomic mass is 10.2. The van der Waals surface area contributed by atoms with Crippen molar-refractivity contribution in [1.29, 1.82) is 0 Å². The van der Waals surface area contributed by atoms with E-state index in [0.29, 0.717) is 0 Å². The summed E-state index contributed by atoms with van der Waals surface area (Å²) in [6.07, 6.45) is 1.92. The molecule has 0 aliphatic carbocycles. The van der Waals surface area contributed by atoms with Crippen LogP contribution in [-0.4, -0.2) is 37.4 Å². The SMILES string of the molecule is Clc1ccc(N2CCN(N=Cc3ccc(Br)cc3)CC2)cc1. The molecule has 0 saturated carbocycles. The topological polar surface area (TPSA) is 18.8 Å². The number of nitrogens with zero attached hydrogens (tertiary/aromatic N) is 3. The quantitative estimate of drug-likeness (QED) is 0.743. The summed E-state index contributed by atoms with van der Waals surface area (Å²) >= 11 is 9.37. The molecule has 114 valence electrons. The Bertz CT molecular complexity index is 632. The van der Waals surface area contributed by atoms with Crippen molar-refractivity contribution in [3.63, 3.8) is 0 Å². The highest BCUT2D eigenvalue weighted by molar-refractivity contribution is 9.10. The molecule has 0 radical (unpaired) electrons. The van der Waals surface area contributed by atoms with Gasteiger partial charge in [0.2, 0.25) is 0 Å². The first-order valence-electron chi connectivity index (χ1n) is 7.26. The van der Waals surface area contributed by atoms with Crippen LogP contribution >= 0.6 is 27.5 Å². The minimum Gasteiger partial charge on any atom is -0.368 e. The van der Waals surface area contributed by atoms with Crippen LogP contribution in [0, 0.1) is 0 Å². The van der Waals surface area contributed by atoms with Gasteiger partial charge in [0.25, 0.3) is 0 Å². The molecule has 0 aromatic heterocycles. The molecule has 3 nitrogen and oxygen atoms in total. The second-order valence-corrected chi connectivity index (χ2v) is 6.57.